The van der Waals surface area contributed by atoms with Gasteiger partial charge in [-0.05, 0) is 49.6 Å². The number of anilines is 1. The Hall–Kier alpha value is -1.78. The number of hydrogen-bond acceptors (Lipinski definition) is 3. The van der Waals surface area contributed by atoms with E-state index in [4.69, 9.17) is 23.2 Å². The van der Waals surface area contributed by atoms with Crippen LogP contribution in [0.5, 0.6) is 0 Å². The van der Waals surface area contributed by atoms with E-state index >= 15 is 0 Å². The fourth-order valence-corrected chi connectivity index (χ4v) is 2.63. The Bertz CT molecular complexity index is 706. The van der Waals surface area contributed by atoms with Crippen LogP contribution in [0, 0.1) is 0 Å². The second-order valence-corrected chi connectivity index (χ2v) is 6.47. The van der Waals surface area contributed by atoms with Crippen molar-refractivity contribution >= 4 is 34.8 Å². The summed E-state index contributed by atoms with van der Waals surface area (Å²) in [4.78, 5) is 16.2. The summed E-state index contributed by atoms with van der Waals surface area (Å²) in [6.07, 6.45) is 3.27. The van der Waals surface area contributed by atoms with E-state index in [9.17, 15) is 4.79 Å². The second-order valence-electron chi connectivity index (χ2n) is 5.63. The van der Waals surface area contributed by atoms with Crippen LogP contribution in [0.3, 0.4) is 0 Å². The Morgan fingerprint density at radius 3 is 2.75 bits per heavy atom. The van der Waals surface area contributed by atoms with Crippen molar-refractivity contribution in [3.8, 4) is 0 Å². The highest BCUT2D eigenvalue weighted by Gasteiger charge is 2.10. The van der Waals surface area contributed by atoms with Gasteiger partial charge in [-0.1, -0.05) is 36.2 Å². The smallest absolute Gasteiger partial charge is 0.270 e. The van der Waals surface area contributed by atoms with Gasteiger partial charge in [0, 0.05) is 34.5 Å². The van der Waals surface area contributed by atoms with Crippen LogP contribution in [-0.2, 0) is 6.42 Å². The number of hydrogen-bond donors (Lipinski definition) is 2. The molecule has 0 aliphatic heterocycles. The van der Waals surface area contributed by atoms with Gasteiger partial charge in [0.15, 0.2) is 0 Å². The quantitative estimate of drug-likeness (QED) is 0.755. The first-order valence-electron chi connectivity index (χ1n) is 7.94. The molecule has 2 rings (SSSR count). The van der Waals surface area contributed by atoms with E-state index in [1.54, 1.807) is 18.3 Å². The molecule has 24 heavy (non-hydrogen) atoms. The van der Waals surface area contributed by atoms with Crippen molar-refractivity contribution in [2.24, 2.45) is 0 Å². The van der Waals surface area contributed by atoms with Crippen LogP contribution in [0.15, 0.2) is 36.5 Å². The van der Waals surface area contributed by atoms with Gasteiger partial charge in [-0.2, -0.15) is 0 Å². The molecule has 6 heteroatoms. The first-order chi connectivity index (χ1) is 11.5. The summed E-state index contributed by atoms with van der Waals surface area (Å²) in [5.41, 5.74) is 2.28. The van der Waals surface area contributed by atoms with Crippen LogP contribution in [0.2, 0.25) is 10.0 Å². The van der Waals surface area contributed by atoms with Crippen LogP contribution in [0.1, 0.15) is 36.3 Å². The molecule has 1 aromatic heterocycles. The van der Waals surface area contributed by atoms with Crippen molar-refractivity contribution in [2.75, 3.05) is 11.9 Å². The summed E-state index contributed by atoms with van der Waals surface area (Å²) in [6, 6.07) is 9.20. The molecule has 0 fully saturated rings. The topological polar surface area (TPSA) is 54.0 Å². The number of nitrogens with one attached hydrogen (secondary N) is 2. The van der Waals surface area contributed by atoms with E-state index in [1.165, 1.54) is 0 Å². The maximum Gasteiger partial charge on any atom is 0.270 e. The molecule has 2 N–H and O–H groups in total. The summed E-state index contributed by atoms with van der Waals surface area (Å²) >= 11 is 12.1. The normalized spacial score (nSPS) is 11.8. The molecule has 1 aromatic carbocycles. The lowest BCUT2D eigenvalue weighted by Crippen LogP contribution is -2.32. The van der Waals surface area contributed by atoms with Gasteiger partial charge in [0.05, 0.1) is 0 Å². The third kappa shape index (κ3) is 5.39. The van der Waals surface area contributed by atoms with E-state index in [0.29, 0.717) is 22.3 Å². The maximum absolute atomic E-state index is 12.1. The van der Waals surface area contributed by atoms with Crippen LogP contribution in [-0.4, -0.2) is 23.5 Å². The van der Waals surface area contributed by atoms with Gasteiger partial charge in [-0.15, -0.1) is 0 Å². The Kier molecular flexibility index (Phi) is 6.88. The molecule has 0 aliphatic rings. The van der Waals surface area contributed by atoms with Crippen molar-refractivity contribution in [1.29, 1.82) is 0 Å². The van der Waals surface area contributed by atoms with Crippen molar-refractivity contribution in [3.05, 3.63) is 57.8 Å². The monoisotopic (exact) mass is 365 g/mol. The third-order valence-corrected chi connectivity index (χ3v) is 4.31. The van der Waals surface area contributed by atoms with Gasteiger partial charge in [0.2, 0.25) is 0 Å². The lowest BCUT2D eigenvalue weighted by atomic mass is 10.1. The number of carbonyl (C=O) groups excluding carboxylic acids is 1. The van der Waals surface area contributed by atoms with Gasteiger partial charge in [0.1, 0.15) is 5.69 Å². The van der Waals surface area contributed by atoms with Crippen molar-refractivity contribution in [1.82, 2.24) is 10.3 Å². The van der Waals surface area contributed by atoms with E-state index in [2.05, 4.69) is 15.6 Å². The van der Waals surface area contributed by atoms with Gasteiger partial charge in [0.25, 0.3) is 5.91 Å². The molecule has 0 aliphatic carbocycles. The summed E-state index contributed by atoms with van der Waals surface area (Å²) in [7, 11) is 0. The zero-order chi connectivity index (χ0) is 17.5. The highest BCUT2D eigenvalue weighted by atomic mass is 35.5. The molecule has 0 saturated carbocycles. The minimum Gasteiger partial charge on any atom is -0.385 e. The molecule has 0 radical (unpaired) electrons. The van der Waals surface area contributed by atoms with Crippen LogP contribution < -0.4 is 10.6 Å². The molecule has 1 heterocycles. The van der Waals surface area contributed by atoms with Gasteiger partial charge >= 0.3 is 0 Å². The molecule has 128 valence electrons. The Morgan fingerprint density at radius 2 is 2.04 bits per heavy atom. The first kappa shape index (κ1) is 18.6. The third-order valence-electron chi connectivity index (χ3n) is 3.72. The Morgan fingerprint density at radius 1 is 1.25 bits per heavy atom. The number of nitrogens with zero attached hydrogens (tertiary/aromatic N) is 1. The van der Waals surface area contributed by atoms with Crippen LogP contribution in [0.25, 0.3) is 0 Å². The largest absolute Gasteiger partial charge is 0.385 e. The van der Waals surface area contributed by atoms with Crippen molar-refractivity contribution in [3.63, 3.8) is 0 Å². The molecule has 1 unspecified atom stereocenters. The fraction of sp³-hybridized carbons (Fsp3) is 0.333. The lowest BCUT2D eigenvalue weighted by molar-refractivity contribution is 0.0934. The number of aromatic nitrogens is 1. The molecule has 1 amide bonds. The minimum absolute atomic E-state index is 0.128. The van der Waals surface area contributed by atoms with Gasteiger partial charge in [-0.25, -0.2) is 0 Å². The number of pyridine rings is 1. The average Bonchev–Trinajstić information content (AvgIpc) is 2.57. The van der Waals surface area contributed by atoms with Crippen molar-refractivity contribution in [2.45, 2.75) is 32.7 Å². The second kappa shape index (κ2) is 8.90. The fourth-order valence-electron chi connectivity index (χ4n) is 2.13. The number of rotatable bonds is 7. The predicted octanol–water partition coefficient (Wildman–Crippen LogP) is 4.57. The number of amides is 1. The van der Waals surface area contributed by atoms with Crippen molar-refractivity contribution < 1.29 is 4.79 Å². The average molecular weight is 366 g/mol. The number of benzene rings is 1. The van der Waals surface area contributed by atoms with E-state index in [-0.39, 0.29) is 11.9 Å². The summed E-state index contributed by atoms with van der Waals surface area (Å²) in [6.45, 7) is 4.69. The molecule has 0 spiro atoms. The molecule has 1 atom stereocenters. The molecular weight excluding hydrogens is 345 g/mol. The van der Waals surface area contributed by atoms with Gasteiger partial charge in [-0.3, -0.25) is 9.78 Å². The SMILES string of the molecule is CCC(C)NC(=O)c1cc(NCCc2ccc(Cl)cc2Cl)ccn1. The highest BCUT2D eigenvalue weighted by Crippen LogP contribution is 2.21. The van der Waals surface area contributed by atoms with Gasteiger partial charge < -0.3 is 10.6 Å². The van der Waals surface area contributed by atoms with E-state index in [1.807, 2.05) is 32.0 Å². The first-order valence-corrected chi connectivity index (χ1v) is 8.70. The maximum atomic E-state index is 12.1. The van der Waals surface area contributed by atoms with E-state index in [0.717, 1.165) is 24.1 Å². The number of carbonyl (C=O) groups is 1. The standard InChI is InChI=1S/C18H21Cl2N3O/c1-3-12(2)23-18(24)17-11-15(7-9-22-17)21-8-6-13-4-5-14(19)10-16(13)20/h4-5,7,9-12H,3,6,8H2,1-2H3,(H,21,22)(H,23,24). The zero-order valence-corrected chi connectivity index (χ0v) is 15.3. The Balaban J connectivity index is 1.93. The molecule has 2 aromatic rings. The summed E-state index contributed by atoms with van der Waals surface area (Å²) < 4.78 is 0. The Labute approximate surface area is 152 Å². The highest BCUT2D eigenvalue weighted by molar-refractivity contribution is 6.35. The molecule has 0 saturated heterocycles. The molecular formula is C18H21Cl2N3O. The van der Waals surface area contributed by atoms with Crippen LogP contribution >= 0.6 is 23.2 Å². The minimum atomic E-state index is -0.159. The zero-order valence-electron chi connectivity index (χ0n) is 13.8. The molecule has 0 bridgehead atoms. The number of halogens is 2. The molecule has 4 nitrogen and oxygen atoms in total. The van der Waals surface area contributed by atoms with Crippen LogP contribution in [0.4, 0.5) is 5.69 Å². The summed E-state index contributed by atoms with van der Waals surface area (Å²) in [5, 5.41) is 7.48. The van der Waals surface area contributed by atoms with E-state index < -0.39 is 0 Å². The lowest BCUT2D eigenvalue weighted by Gasteiger charge is -2.12. The summed E-state index contributed by atoms with van der Waals surface area (Å²) in [5.74, 6) is -0.159. The predicted molar refractivity (Wildman–Crippen MR) is 100 cm³/mol.